The van der Waals surface area contributed by atoms with Crippen molar-refractivity contribution in [1.82, 2.24) is 4.90 Å². The number of aliphatic carboxylic acids is 1. The van der Waals surface area contributed by atoms with Crippen molar-refractivity contribution in [3.63, 3.8) is 0 Å². The average Bonchev–Trinajstić information content (AvgIpc) is 2.42. The van der Waals surface area contributed by atoms with Crippen LogP contribution in [0.25, 0.3) is 0 Å². The number of carboxylic acids is 1. The molecule has 1 atom stereocenters. The molecule has 6 heteroatoms. The zero-order valence-corrected chi connectivity index (χ0v) is 11.0. The van der Waals surface area contributed by atoms with Crippen LogP contribution in [-0.2, 0) is 9.53 Å². The summed E-state index contributed by atoms with van der Waals surface area (Å²) in [6.07, 6.45) is 0.399. The van der Waals surface area contributed by atoms with Crippen LogP contribution in [0.5, 0.6) is 0 Å². The Bertz CT molecular complexity index is 481. The number of benzene rings is 1. The molecule has 1 aliphatic rings. The summed E-state index contributed by atoms with van der Waals surface area (Å²) >= 11 is 0. The Morgan fingerprint density at radius 3 is 2.90 bits per heavy atom. The Kier molecular flexibility index (Phi) is 5.03. The van der Waals surface area contributed by atoms with Crippen molar-refractivity contribution in [3.8, 4) is 0 Å². The molecule has 1 fully saturated rings. The van der Waals surface area contributed by atoms with Gasteiger partial charge < -0.3 is 9.84 Å². The number of morpholine rings is 1. The number of hydrogen-bond donors (Lipinski definition) is 1. The Labute approximate surface area is 116 Å². The van der Waals surface area contributed by atoms with Crippen LogP contribution in [0.4, 0.5) is 8.78 Å². The van der Waals surface area contributed by atoms with E-state index in [1.54, 1.807) is 0 Å². The van der Waals surface area contributed by atoms with E-state index in [0.717, 1.165) is 18.7 Å². The fourth-order valence-electron chi connectivity index (χ4n) is 2.27. The van der Waals surface area contributed by atoms with Gasteiger partial charge in [-0.05, 0) is 30.7 Å². The Balaban J connectivity index is 1.92. The zero-order valence-electron chi connectivity index (χ0n) is 11.0. The van der Waals surface area contributed by atoms with Gasteiger partial charge in [-0.3, -0.25) is 9.69 Å². The normalized spacial score (nSPS) is 20.0. The molecule has 1 aliphatic heterocycles. The van der Waals surface area contributed by atoms with Crippen LogP contribution in [0.2, 0.25) is 0 Å². The molecule has 4 nitrogen and oxygen atoms in total. The number of carboxylic acid groups (broad SMARTS) is 1. The molecule has 0 radical (unpaired) electrons. The second-order valence-electron chi connectivity index (χ2n) is 4.83. The van der Waals surface area contributed by atoms with Crippen molar-refractivity contribution >= 4 is 5.97 Å². The SMILES string of the molecule is O=C(O)CCCN1CCOC(c2ccc(F)c(F)c2)C1. The maximum Gasteiger partial charge on any atom is 0.303 e. The second kappa shape index (κ2) is 6.76. The van der Waals surface area contributed by atoms with Crippen molar-refractivity contribution in [2.24, 2.45) is 0 Å². The molecule has 20 heavy (non-hydrogen) atoms. The van der Waals surface area contributed by atoms with Crippen molar-refractivity contribution < 1.29 is 23.4 Å². The van der Waals surface area contributed by atoms with Crippen LogP contribution in [-0.4, -0.2) is 42.2 Å². The summed E-state index contributed by atoms with van der Waals surface area (Å²) in [6, 6.07) is 3.77. The third kappa shape index (κ3) is 3.98. The summed E-state index contributed by atoms with van der Waals surface area (Å²) in [6.45, 7) is 2.44. The molecule has 1 saturated heterocycles. The molecule has 0 saturated carbocycles. The highest BCUT2D eigenvalue weighted by Crippen LogP contribution is 2.23. The van der Waals surface area contributed by atoms with Gasteiger partial charge >= 0.3 is 5.97 Å². The topological polar surface area (TPSA) is 49.8 Å². The van der Waals surface area contributed by atoms with E-state index in [9.17, 15) is 13.6 Å². The van der Waals surface area contributed by atoms with Crippen LogP contribution >= 0.6 is 0 Å². The van der Waals surface area contributed by atoms with E-state index in [2.05, 4.69) is 4.90 Å². The third-order valence-corrected chi connectivity index (χ3v) is 3.33. The summed E-state index contributed by atoms with van der Waals surface area (Å²) in [5.41, 5.74) is 0.604. The number of carbonyl (C=O) groups is 1. The minimum absolute atomic E-state index is 0.132. The van der Waals surface area contributed by atoms with Crippen molar-refractivity contribution in [2.45, 2.75) is 18.9 Å². The van der Waals surface area contributed by atoms with E-state index in [0.29, 0.717) is 31.7 Å². The van der Waals surface area contributed by atoms with Crippen LogP contribution < -0.4 is 0 Å². The molecule has 0 amide bonds. The van der Waals surface area contributed by atoms with Gasteiger partial charge in [0, 0.05) is 19.5 Å². The Morgan fingerprint density at radius 1 is 1.40 bits per heavy atom. The smallest absolute Gasteiger partial charge is 0.303 e. The van der Waals surface area contributed by atoms with Crippen molar-refractivity contribution in [1.29, 1.82) is 0 Å². The van der Waals surface area contributed by atoms with Gasteiger partial charge in [0.1, 0.15) is 0 Å². The highest BCUT2D eigenvalue weighted by Gasteiger charge is 2.22. The summed E-state index contributed by atoms with van der Waals surface area (Å²) in [7, 11) is 0. The van der Waals surface area contributed by atoms with Gasteiger partial charge in [0.15, 0.2) is 11.6 Å². The standard InChI is InChI=1S/C14H17F2NO3/c15-11-4-3-10(8-12(11)16)13-9-17(6-7-20-13)5-1-2-14(18)19/h3-4,8,13H,1-2,5-7,9H2,(H,18,19). The molecule has 110 valence electrons. The van der Waals surface area contributed by atoms with E-state index < -0.39 is 17.6 Å². The first kappa shape index (κ1) is 14.9. The summed E-state index contributed by atoms with van der Waals surface area (Å²) in [5, 5.41) is 8.61. The van der Waals surface area contributed by atoms with Crippen LogP contribution in [0, 0.1) is 11.6 Å². The third-order valence-electron chi connectivity index (χ3n) is 3.33. The predicted octanol–water partition coefficient (Wildman–Crippen LogP) is 2.20. The van der Waals surface area contributed by atoms with Gasteiger partial charge in [-0.15, -0.1) is 0 Å². The van der Waals surface area contributed by atoms with E-state index >= 15 is 0 Å². The molecule has 0 aliphatic carbocycles. The first-order valence-electron chi connectivity index (χ1n) is 6.57. The van der Waals surface area contributed by atoms with Crippen molar-refractivity contribution in [2.75, 3.05) is 26.2 Å². The monoisotopic (exact) mass is 285 g/mol. The lowest BCUT2D eigenvalue weighted by atomic mass is 10.1. The first-order valence-corrected chi connectivity index (χ1v) is 6.57. The minimum atomic E-state index is -0.880. The fraction of sp³-hybridized carbons (Fsp3) is 0.500. The van der Waals surface area contributed by atoms with Crippen LogP contribution in [0.15, 0.2) is 18.2 Å². The van der Waals surface area contributed by atoms with Gasteiger partial charge in [-0.2, -0.15) is 0 Å². The van der Waals surface area contributed by atoms with Gasteiger partial charge in [-0.1, -0.05) is 6.07 Å². The minimum Gasteiger partial charge on any atom is -0.481 e. The number of nitrogens with zero attached hydrogens (tertiary/aromatic N) is 1. The van der Waals surface area contributed by atoms with E-state index in [4.69, 9.17) is 9.84 Å². The molecule has 1 aromatic carbocycles. The first-order chi connectivity index (χ1) is 9.56. The highest BCUT2D eigenvalue weighted by atomic mass is 19.2. The van der Waals surface area contributed by atoms with E-state index in [1.165, 1.54) is 6.07 Å². The molecule has 1 N–H and O–H groups in total. The number of halogens is 2. The molecule has 1 aromatic rings. The highest BCUT2D eigenvalue weighted by molar-refractivity contribution is 5.66. The Morgan fingerprint density at radius 2 is 2.20 bits per heavy atom. The van der Waals surface area contributed by atoms with Gasteiger partial charge in [0.05, 0.1) is 12.7 Å². The fourth-order valence-corrected chi connectivity index (χ4v) is 2.27. The molecule has 2 rings (SSSR count). The molecular formula is C14H17F2NO3. The maximum atomic E-state index is 13.2. The Hall–Kier alpha value is -1.53. The van der Waals surface area contributed by atoms with E-state index in [1.807, 2.05) is 0 Å². The summed E-state index contributed by atoms with van der Waals surface area (Å²) < 4.78 is 31.7. The molecule has 1 heterocycles. The van der Waals surface area contributed by atoms with Crippen LogP contribution in [0.1, 0.15) is 24.5 Å². The molecular weight excluding hydrogens is 268 g/mol. The summed E-state index contributed by atoms with van der Waals surface area (Å²) in [5.74, 6) is -2.56. The predicted molar refractivity (Wildman–Crippen MR) is 68.4 cm³/mol. The van der Waals surface area contributed by atoms with Crippen LogP contribution in [0.3, 0.4) is 0 Å². The zero-order chi connectivity index (χ0) is 14.5. The largest absolute Gasteiger partial charge is 0.481 e. The molecule has 0 aromatic heterocycles. The number of ether oxygens (including phenoxy) is 1. The molecule has 0 spiro atoms. The van der Waals surface area contributed by atoms with Gasteiger partial charge in [-0.25, -0.2) is 8.78 Å². The quantitative estimate of drug-likeness (QED) is 0.901. The molecule has 1 unspecified atom stereocenters. The van der Waals surface area contributed by atoms with E-state index in [-0.39, 0.29) is 12.5 Å². The lowest BCUT2D eigenvalue weighted by Crippen LogP contribution is -2.39. The number of rotatable bonds is 5. The average molecular weight is 285 g/mol. The lowest BCUT2D eigenvalue weighted by Gasteiger charge is -2.33. The van der Waals surface area contributed by atoms with Gasteiger partial charge in [0.2, 0.25) is 0 Å². The van der Waals surface area contributed by atoms with Gasteiger partial charge in [0.25, 0.3) is 0 Å². The second-order valence-corrected chi connectivity index (χ2v) is 4.83. The maximum absolute atomic E-state index is 13.2. The summed E-state index contributed by atoms with van der Waals surface area (Å²) in [4.78, 5) is 12.6. The van der Waals surface area contributed by atoms with Crippen molar-refractivity contribution in [3.05, 3.63) is 35.4 Å². The molecule has 0 bridgehead atoms. The lowest BCUT2D eigenvalue weighted by molar-refractivity contribution is -0.137. The number of hydrogen-bond acceptors (Lipinski definition) is 3.